The maximum absolute atomic E-state index is 13.1. The summed E-state index contributed by atoms with van der Waals surface area (Å²) in [6, 6.07) is 2.68. The lowest BCUT2D eigenvalue weighted by Gasteiger charge is -2.04. The van der Waals surface area contributed by atoms with Crippen LogP contribution in [-0.2, 0) is 4.74 Å². The number of benzene rings is 1. The lowest BCUT2D eigenvalue weighted by atomic mass is 10.2. The summed E-state index contributed by atoms with van der Waals surface area (Å²) in [4.78, 5) is 11.3. The molecule has 0 fully saturated rings. The van der Waals surface area contributed by atoms with E-state index in [0.29, 0.717) is 3.57 Å². The van der Waals surface area contributed by atoms with Gasteiger partial charge < -0.3 is 10.5 Å². The number of halogens is 2. The SMILES string of the molecule is CCOC(=O)c1cc(N)c(F)c(I)c1. The molecule has 5 heteroatoms. The molecule has 0 heterocycles. The van der Waals surface area contributed by atoms with Gasteiger partial charge in [0, 0.05) is 0 Å². The maximum atomic E-state index is 13.1. The Hall–Kier alpha value is -0.850. The van der Waals surface area contributed by atoms with E-state index in [1.165, 1.54) is 12.1 Å². The van der Waals surface area contributed by atoms with Gasteiger partial charge in [0.05, 0.1) is 21.4 Å². The molecule has 0 aliphatic rings. The number of carbonyl (C=O) groups excluding carboxylic acids is 1. The first-order chi connectivity index (χ1) is 6.56. The zero-order valence-electron chi connectivity index (χ0n) is 7.51. The van der Waals surface area contributed by atoms with Crippen molar-refractivity contribution in [2.45, 2.75) is 6.92 Å². The van der Waals surface area contributed by atoms with Crippen LogP contribution < -0.4 is 5.73 Å². The Morgan fingerprint density at radius 1 is 1.64 bits per heavy atom. The minimum Gasteiger partial charge on any atom is -0.462 e. The Morgan fingerprint density at radius 3 is 2.79 bits per heavy atom. The van der Waals surface area contributed by atoms with Crippen molar-refractivity contribution in [2.24, 2.45) is 0 Å². The van der Waals surface area contributed by atoms with E-state index in [9.17, 15) is 9.18 Å². The highest BCUT2D eigenvalue weighted by atomic mass is 127. The van der Waals surface area contributed by atoms with Crippen LogP contribution in [0.4, 0.5) is 10.1 Å². The Kier molecular flexibility index (Phi) is 3.68. The van der Waals surface area contributed by atoms with Gasteiger partial charge in [-0.15, -0.1) is 0 Å². The van der Waals surface area contributed by atoms with E-state index in [4.69, 9.17) is 10.5 Å². The number of esters is 1. The molecule has 0 aromatic heterocycles. The van der Waals surface area contributed by atoms with E-state index in [-0.39, 0.29) is 17.9 Å². The zero-order valence-corrected chi connectivity index (χ0v) is 9.67. The van der Waals surface area contributed by atoms with Gasteiger partial charge in [-0.25, -0.2) is 9.18 Å². The summed E-state index contributed by atoms with van der Waals surface area (Å²) in [6.45, 7) is 1.99. The molecule has 14 heavy (non-hydrogen) atoms. The van der Waals surface area contributed by atoms with E-state index in [0.717, 1.165) is 0 Å². The van der Waals surface area contributed by atoms with Gasteiger partial charge in [-0.1, -0.05) is 0 Å². The number of ether oxygens (including phenoxy) is 1. The van der Waals surface area contributed by atoms with Crippen molar-refractivity contribution in [3.63, 3.8) is 0 Å². The largest absolute Gasteiger partial charge is 0.462 e. The fourth-order valence-electron chi connectivity index (χ4n) is 0.943. The number of nitrogens with two attached hydrogens (primary N) is 1. The van der Waals surface area contributed by atoms with Crippen molar-refractivity contribution in [1.29, 1.82) is 0 Å². The molecular weight excluding hydrogens is 300 g/mol. The Morgan fingerprint density at radius 2 is 2.29 bits per heavy atom. The van der Waals surface area contributed by atoms with Crippen molar-refractivity contribution in [3.05, 3.63) is 27.1 Å². The van der Waals surface area contributed by atoms with Gasteiger partial charge in [0.25, 0.3) is 0 Å². The molecule has 76 valence electrons. The van der Waals surface area contributed by atoms with Gasteiger partial charge in [-0.05, 0) is 41.6 Å². The average molecular weight is 309 g/mol. The number of anilines is 1. The summed E-state index contributed by atoms with van der Waals surface area (Å²) < 4.78 is 18.1. The summed E-state index contributed by atoms with van der Waals surface area (Å²) in [5.41, 5.74) is 5.60. The van der Waals surface area contributed by atoms with Crippen molar-refractivity contribution in [2.75, 3.05) is 12.3 Å². The fourth-order valence-corrected chi connectivity index (χ4v) is 1.59. The maximum Gasteiger partial charge on any atom is 0.338 e. The molecule has 1 aromatic rings. The van der Waals surface area contributed by atoms with Gasteiger partial charge in [0.2, 0.25) is 0 Å². The van der Waals surface area contributed by atoms with Crippen LogP contribution in [-0.4, -0.2) is 12.6 Å². The number of nitrogen functional groups attached to an aromatic ring is 1. The number of hydrogen-bond acceptors (Lipinski definition) is 3. The van der Waals surface area contributed by atoms with E-state index in [2.05, 4.69) is 0 Å². The third-order valence-electron chi connectivity index (χ3n) is 1.57. The average Bonchev–Trinajstić information content (AvgIpc) is 2.13. The van der Waals surface area contributed by atoms with Crippen LogP contribution in [0.15, 0.2) is 12.1 Å². The minimum atomic E-state index is -0.501. The molecule has 2 N–H and O–H groups in total. The van der Waals surface area contributed by atoms with E-state index >= 15 is 0 Å². The van der Waals surface area contributed by atoms with Crippen LogP contribution in [0.3, 0.4) is 0 Å². The molecule has 1 aromatic carbocycles. The van der Waals surface area contributed by atoms with E-state index < -0.39 is 11.8 Å². The highest BCUT2D eigenvalue weighted by Crippen LogP contribution is 2.20. The predicted octanol–water partition coefficient (Wildman–Crippen LogP) is 2.19. The predicted molar refractivity (Wildman–Crippen MR) is 59.5 cm³/mol. The first-order valence-electron chi connectivity index (χ1n) is 3.98. The summed E-state index contributed by atoms with van der Waals surface area (Å²) in [6.07, 6.45) is 0. The molecule has 0 amide bonds. The summed E-state index contributed by atoms with van der Waals surface area (Å²) in [5, 5.41) is 0. The highest BCUT2D eigenvalue weighted by Gasteiger charge is 2.12. The molecule has 0 saturated heterocycles. The number of rotatable bonds is 2. The minimum absolute atomic E-state index is 0.0417. The third kappa shape index (κ3) is 2.34. The van der Waals surface area contributed by atoms with Crippen LogP contribution in [0.25, 0.3) is 0 Å². The van der Waals surface area contributed by atoms with Crippen LogP contribution in [0.5, 0.6) is 0 Å². The van der Waals surface area contributed by atoms with Crippen LogP contribution in [0, 0.1) is 9.39 Å². The summed E-state index contributed by atoms with van der Waals surface area (Å²) >= 11 is 1.77. The zero-order chi connectivity index (χ0) is 10.7. The fraction of sp³-hybridized carbons (Fsp3) is 0.222. The molecule has 0 bridgehead atoms. The quantitative estimate of drug-likeness (QED) is 0.517. The number of hydrogen-bond donors (Lipinski definition) is 1. The Bertz CT molecular complexity index is 345. The molecule has 0 aliphatic heterocycles. The smallest absolute Gasteiger partial charge is 0.338 e. The van der Waals surface area contributed by atoms with Gasteiger partial charge in [0.15, 0.2) is 5.82 Å². The molecule has 0 atom stereocenters. The monoisotopic (exact) mass is 309 g/mol. The normalized spacial score (nSPS) is 9.93. The topological polar surface area (TPSA) is 52.3 Å². The molecule has 0 aliphatic carbocycles. The van der Waals surface area contributed by atoms with Gasteiger partial charge in [-0.3, -0.25) is 0 Å². The van der Waals surface area contributed by atoms with Crippen LogP contribution in [0.2, 0.25) is 0 Å². The first-order valence-corrected chi connectivity index (χ1v) is 5.05. The van der Waals surface area contributed by atoms with Crippen molar-refractivity contribution in [1.82, 2.24) is 0 Å². The van der Waals surface area contributed by atoms with E-state index in [1.807, 2.05) is 0 Å². The van der Waals surface area contributed by atoms with Crippen LogP contribution in [0.1, 0.15) is 17.3 Å². The van der Waals surface area contributed by atoms with E-state index in [1.54, 1.807) is 29.5 Å². The van der Waals surface area contributed by atoms with Crippen molar-refractivity contribution in [3.8, 4) is 0 Å². The lowest BCUT2D eigenvalue weighted by molar-refractivity contribution is 0.0526. The highest BCUT2D eigenvalue weighted by molar-refractivity contribution is 14.1. The second-order valence-corrected chi connectivity index (χ2v) is 3.74. The van der Waals surface area contributed by atoms with Crippen molar-refractivity contribution >= 4 is 34.2 Å². The van der Waals surface area contributed by atoms with Gasteiger partial charge >= 0.3 is 5.97 Å². The first kappa shape index (κ1) is 11.2. The molecule has 0 radical (unpaired) electrons. The number of carbonyl (C=O) groups is 1. The standard InChI is InChI=1S/C9H9FINO2/c1-2-14-9(13)5-3-6(11)8(10)7(12)4-5/h3-4H,2,12H2,1H3. The molecular formula is C9H9FINO2. The molecule has 1 rings (SSSR count). The Labute approximate surface area is 94.6 Å². The molecule has 0 unspecified atom stereocenters. The lowest BCUT2D eigenvalue weighted by Crippen LogP contribution is -2.07. The van der Waals surface area contributed by atoms with Gasteiger partial charge in [-0.2, -0.15) is 0 Å². The molecule has 3 nitrogen and oxygen atoms in total. The summed E-state index contributed by atoms with van der Waals surface area (Å²) in [7, 11) is 0. The third-order valence-corrected chi connectivity index (χ3v) is 2.35. The Balaban J connectivity index is 3.06. The molecule has 0 saturated carbocycles. The second kappa shape index (κ2) is 4.59. The second-order valence-electron chi connectivity index (χ2n) is 2.58. The van der Waals surface area contributed by atoms with Crippen LogP contribution >= 0.6 is 22.6 Å². The van der Waals surface area contributed by atoms with Crippen molar-refractivity contribution < 1.29 is 13.9 Å². The summed E-state index contributed by atoms with van der Waals surface area (Å²) in [5.74, 6) is -0.990. The molecule has 0 spiro atoms. The van der Waals surface area contributed by atoms with Gasteiger partial charge in [0.1, 0.15) is 0 Å².